The second kappa shape index (κ2) is 12.6. The summed E-state index contributed by atoms with van der Waals surface area (Å²) >= 11 is 6.05. The number of aliphatic hydroxyl groups is 1. The van der Waals surface area contributed by atoms with Gasteiger partial charge in [0, 0.05) is 28.7 Å². The molecule has 4 atom stereocenters. The lowest BCUT2D eigenvalue weighted by Gasteiger charge is -2.29. The van der Waals surface area contributed by atoms with Crippen LogP contribution in [-0.2, 0) is 16.0 Å². The lowest BCUT2D eigenvalue weighted by Crippen LogP contribution is -2.48. The minimum Gasteiger partial charge on any atom is -0.395 e. The highest BCUT2D eigenvalue weighted by Crippen LogP contribution is 2.30. The van der Waals surface area contributed by atoms with Gasteiger partial charge in [-0.05, 0) is 60.4 Å². The molecule has 4 unspecified atom stereocenters. The molecule has 4 rings (SSSR count). The number of morpholine rings is 1. The normalized spacial score (nSPS) is 19.3. The lowest BCUT2D eigenvalue weighted by atomic mass is 9.85. The molecule has 1 aliphatic rings. The number of nitrogens with one attached hydrogen (secondary N) is 2. The van der Waals surface area contributed by atoms with E-state index in [-0.39, 0.29) is 18.8 Å². The Bertz CT molecular complexity index is 1140. The molecule has 1 aliphatic heterocycles. The number of carbonyl (C=O) groups is 1. The van der Waals surface area contributed by atoms with E-state index in [9.17, 15) is 18.7 Å². The SMILES string of the molecule is NC(C(=O)Nc1cccc(F)c1CCC1CNC(CO)CO1)C(c1ccc(F)cc1)c1ccc(Cl)cc1. The Hall–Kier alpha value is -2.88. The van der Waals surface area contributed by atoms with Gasteiger partial charge in [0.2, 0.25) is 5.91 Å². The number of benzene rings is 3. The minimum absolute atomic E-state index is 0.00853. The monoisotopic (exact) mass is 529 g/mol. The van der Waals surface area contributed by atoms with E-state index in [1.807, 2.05) is 0 Å². The van der Waals surface area contributed by atoms with Crippen LogP contribution in [0.3, 0.4) is 0 Å². The Morgan fingerprint density at radius 3 is 2.41 bits per heavy atom. The Morgan fingerprint density at radius 2 is 1.78 bits per heavy atom. The molecule has 3 aromatic carbocycles. The van der Waals surface area contributed by atoms with Crippen molar-refractivity contribution in [3.8, 4) is 0 Å². The molecule has 0 spiro atoms. The molecule has 0 saturated carbocycles. The number of anilines is 1. The standard InChI is InChI=1S/C28H30ClF2N3O3/c29-19-8-4-17(5-9-19)26(18-6-10-20(30)11-7-18)27(32)28(36)34-25-3-1-2-24(31)23(25)13-12-22-14-33-21(15-35)16-37-22/h1-11,21-22,26-27,33,35H,12-16,32H2,(H,34,36). The number of rotatable bonds is 9. The predicted molar refractivity (Wildman–Crippen MR) is 140 cm³/mol. The Labute approximate surface area is 219 Å². The van der Waals surface area contributed by atoms with Crippen LogP contribution in [0, 0.1) is 11.6 Å². The topological polar surface area (TPSA) is 96.6 Å². The molecule has 0 aromatic heterocycles. The summed E-state index contributed by atoms with van der Waals surface area (Å²) in [6.07, 6.45) is 0.733. The Kier molecular flexibility index (Phi) is 9.23. The first-order valence-electron chi connectivity index (χ1n) is 12.2. The highest BCUT2D eigenvalue weighted by Gasteiger charge is 2.29. The number of ether oxygens (including phenoxy) is 1. The van der Waals surface area contributed by atoms with Gasteiger partial charge in [0.25, 0.3) is 0 Å². The van der Waals surface area contributed by atoms with E-state index in [1.54, 1.807) is 42.5 Å². The maximum atomic E-state index is 14.8. The molecule has 6 nitrogen and oxygen atoms in total. The number of aliphatic hydroxyl groups excluding tert-OH is 1. The van der Waals surface area contributed by atoms with Crippen molar-refractivity contribution in [1.29, 1.82) is 0 Å². The average Bonchev–Trinajstić information content (AvgIpc) is 2.91. The van der Waals surface area contributed by atoms with Crippen LogP contribution in [0.5, 0.6) is 0 Å². The van der Waals surface area contributed by atoms with Gasteiger partial charge in [-0.1, -0.05) is 41.9 Å². The van der Waals surface area contributed by atoms with Crippen LogP contribution in [0.25, 0.3) is 0 Å². The third-order valence-electron chi connectivity index (χ3n) is 6.60. The maximum absolute atomic E-state index is 14.8. The van der Waals surface area contributed by atoms with E-state index < -0.39 is 29.5 Å². The summed E-state index contributed by atoms with van der Waals surface area (Å²) in [6, 6.07) is 16.1. The van der Waals surface area contributed by atoms with E-state index in [0.717, 1.165) is 5.56 Å². The molecule has 3 aromatic rings. The van der Waals surface area contributed by atoms with Gasteiger partial charge in [-0.2, -0.15) is 0 Å². The van der Waals surface area contributed by atoms with Crippen molar-refractivity contribution in [3.63, 3.8) is 0 Å². The van der Waals surface area contributed by atoms with E-state index in [0.29, 0.717) is 47.8 Å². The Morgan fingerprint density at radius 1 is 1.11 bits per heavy atom. The molecule has 0 radical (unpaired) electrons. The molecule has 37 heavy (non-hydrogen) atoms. The van der Waals surface area contributed by atoms with Crippen LogP contribution in [0.1, 0.15) is 29.0 Å². The fourth-order valence-electron chi connectivity index (χ4n) is 4.52. The van der Waals surface area contributed by atoms with E-state index in [2.05, 4.69) is 10.6 Å². The predicted octanol–water partition coefficient (Wildman–Crippen LogP) is 4.00. The lowest BCUT2D eigenvalue weighted by molar-refractivity contribution is -0.117. The summed E-state index contributed by atoms with van der Waals surface area (Å²) in [7, 11) is 0. The van der Waals surface area contributed by atoms with Gasteiger partial charge >= 0.3 is 0 Å². The van der Waals surface area contributed by atoms with E-state index in [1.165, 1.54) is 24.3 Å². The summed E-state index contributed by atoms with van der Waals surface area (Å²) in [4.78, 5) is 13.4. The average molecular weight is 530 g/mol. The number of hydrogen-bond donors (Lipinski definition) is 4. The molecular formula is C28H30ClF2N3O3. The van der Waals surface area contributed by atoms with Gasteiger partial charge in [0.1, 0.15) is 11.6 Å². The van der Waals surface area contributed by atoms with Crippen molar-refractivity contribution in [3.05, 3.63) is 100 Å². The first kappa shape index (κ1) is 27.2. The van der Waals surface area contributed by atoms with E-state index >= 15 is 0 Å². The van der Waals surface area contributed by atoms with Gasteiger partial charge < -0.3 is 26.2 Å². The second-order valence-corrected chi connectivity index (χ2v) is 9.58. The van der Waals surface area contributed by atoms with Crippen molar-refractivity contribution >= 4 is 23.2 Å². The maximum Gasteiger partial charge on any atom is 0.242 e. The molecule has 1 heterocycles. The fraction of sp³-hybridized carbons (Fsp3) is 0.321. The van der Waals surface area contributed by atoms with E-state index in [4.69, 9.17) is 22.1 Å². The molecule has 196 valence electrons. The summed E-state index contributed by atoms with van der Waals surface area (Å²) in [5, 5.41) is 15.8. The zero-order valence-electron chi connectivity index (χ0n) is 20.2. The molecular weight excluding hydrogens is 500 g/mol. The van der Waals surface area contributed by atoms with Crippen molar-refractivity contribution in [2.45, 2.75) is 36.9 Å². The first-order valence-corrected chi connectivity index (χ1v) is 12.5. The zero-order chi connectivity index (χ0) is 26.4. The highest BCUT2D eigenvalue weighted by molar-refractivity contribution is 6.30. The molecule has 9 heteroatoms. The second-order valence-electron chi connectivity index (χ2n) is 9.14. The van der Waals surface area contributed by atoms with Gasteiger partial charge in [-0.25, -0.2) is 8.78 Å². The molecule has 0 aliphatic carbocycles. The summed E-state index contributed by atoms with van der Waals surface area (Å²) in [6.45, 7) is 0.921. The van der Waals surface area contributed by atoms with Gasteiger partial charge in [0.15, 0.2) is 0 Å². The van der Waals surface area contributed by atoms with Crippen molar-refractivity contribution in [2.24, 2.45) is 5.73 Å². The number of amides is 1. The number of hydrogen-bond acceptors (Lipinski definition) is 5. The van der Waals surface area contributed by atoms with Crippen LogP contribution in [-0.4, -0.2) is 49.0 Å². The number of carbonyl (C=O) groups excluding carboxylic acids is 1. The fourth-order valence-corrected chi connectivity index (χ4v) is 4.65. The van der Waals surface area contributed by atoms with Gasteiger partial charge in [-0.3, -0.25) is 4.79 Å². The number of halogens is 3. The quantitative estimate of drug-likeness (QED) is 0.336. The van der Waals surface area contributed by atoms with Crippen LogP contribution >= 0.6 is 11.6 Å². The molecule has 1 amide bonds. The zero-order valence-corrected chi connectivity index (χ0v) is 20.9. The van der Waals surface area contributed by atoms with Crippen molar-refractivity contribution in [1.82, 2.24) is 5.32 Å². The summed E-state index contributed by atoms with van der Waals surface area (Å²) in [5.41, 5.74) is 8.57. The van der Waals surface area contributed by atoms with Crippen molar-refractivity contribution < 1.29 is 23.4 Å². The van der Waals surface area contributed by atoms with Crippen LogP contribution in [0.4, 0.5) is 14.5 Å². The molecule has 1 saturated heterocycles. The first-order chi connectivity index (χ1) is 17.9. The van der Waals surface area contributed by atoms with Crippen LogP contribution in [0.15, 0.2) is 66.7 Å². The van der Waals surface area contributed by atoms with Crippen molar-refractivity contribution in [2.75, 3.05) is 25.1 Å². The molecule has 1 fully saturated rings. The molecule has 0 bridgehead atoms. The van der Waals surface area contributed by atoms with Crippen LogP contribution in [0.2, 0.25) is 5.02 Å². The third-order valence-corrected chi connectivity index (χ3v) is 6.85. The summed E-state index contributed by atoms with van der Waals surface area (Å²) in [5.74, 6) is -1.92. The number of nitrogens with two attached hydrogens (primary N) is 1. The summed E-state index contributed by atoms with van der Waals surface area (Å²) < 4.78 is 34.2. The smallest absolute Gasteiger partial charge is 0.242 e. The minimum atomic E-state index is -1.05. The largest absolute Gasteiger partial charge is 0.395 e. The highest BCUT2D eigenvalue weighted by atomic mass is 35.5. The molecule has 5 N–H and O–H groups in total. The third kappa shape index (κ3) is 6.91. The van der Waals surface area contributed by atoms with Gasteiger partial charge in [0.05, 0.1) is 31.4 Å². The Balaban J connectivity index is 1.52. The van der Waals surface area contributed by atoms with Gasteiger partial charge in [-0.15, -0.1) is 0 Å². The van der Waals surface area contributed by atoms with Crippen LogP contribution < -0.4 is 16.4 Å².